The summed E-state index contributed by atoms with van der Waals surface area (Å²) in [4.78, 5) is 14.8. The summed E-state index contributed by atoms with van der Waals surface area (Å²) in [5.74, 6) is 1.15. The molecule has 0 unspecified atom stereocenters. The summed E-state index contributed by atoms with van der Waals surface area (Å²) in [7, 11) is 0. The lowest BCUT2D eigenvalue weighted by atomic mass is 10.1. The van der Waals surface area contributed by atoms with Crippen molar-refractivity contribution in [1.29, 1.82) is 0 Å². The fourth-order valence-electron chi connectivity index (χ4n) is 2.77. The largest absolute Gasteiger partial charge is 0.454 e. The van der Waals surface area contributed by atoms with Gasteiger partial charge in [-0.15, -0.1) is 24.0 Å². The van der Waals surface area contributed by atoms with Gasteiger partial charge in [-0.2, -0.15) is 8.78 Å². The Balaban J connectivity index is 0.00000341. The maximum atomic E-state index is 12.8. The number of non-ortho nitro benzene ring substituents is 1. The van der Waals surface area contributed by atoms with Gasteiger partial charge < -0.3 is 24.8 Å². The number of alkyl halides is 2. The van der Waals surface area contributed by atoms with Crippen LogP contribution >= 0.6 is 24.0 Å². The van der Waals surface area contributed by atoms with Crippen molar-refractivity contribution in [1.82, 2.24) is 10.6 Å². The maximum absolute atomic E-state index is 12.8. The lowest BCUT2D eigenvalue weighted by molar-refractivity contribution is -0.384. The van der Waals surface area contributed by atoms with E-state index in [2.05, 4.69) is 20.4 Å². The third-order valence-electron chi connectivity index (χ3n) is 4.10. The van der Waals surface area contributed by atoms with Crippen LogP contribution in [0.4, 0.5) is 14.5 Å². The molecule has 1 aliphatic heterocycles. The molecular weight excluding hydrogens is 529 g/mol. The van der Waals surface area contributed by atoms with Crippen LogP contribution in [0.15, 0.2) is 41.4 Å². The number of nitro groups is 1. The van der Waals surface area contributed by atoms with Crippen molar-refractivity contribution in [3.8, 4) is 17.2 Å². The molecule has 2 aromatic carbocycles. The van der Waals surface area contributed by atoms with Gasteiger partial charge in [-0.3, -0.25) is 10.1 Å². The molecule has 0 aliphatic carbocycles. The van der Waals surface area contributed by atoms with Gasteiger partial charge in [-0.05, 0) is 18.6 Å². The number of hydrogen-bond donors (Lipinski definition) is 2. The molecule has 31 heavy (non-hydrogen) atoms. The molecule has 3 rings (SSSR count). The van der Waals surface area contributed by atoms with Crippen LogP contribution in [0.25, 0.3) is 0 Å². The van der Waals surface area contributed by atoms with Gasteiger partial charge in [0.1, 0.15) is 5.75 Å². The maximum Gasteiger partial charge on any atom is 0.387 e. The van der Waals surface area contributed by atoms with Crippen molar-refractivity contribution < 1.29 is 27.9 Å². The topological polar surface area (TPSA) is 107 Å². The minimum absolute atomic E-state index is 0. The van der Waals surface area contributed by atoms with E-state index in [1.807, 2.05) is 6.92 Å². The van der Waals surface area contributed by atoms with Gasteiger partial charge in [0.15, 0.2) is 17.5 Å². The van der Waals surface area contributed by atoms with Crippen molar-refractivity contribution in [2.24, 2.45) is 4.99 Å². The molecule has 0 saturated carbocycles. The number of nitro benzene ring substituents is 1. The Hall–Kier alpha value is -2.90. The molecule has 0 radical (unpaired) electrons. The van der Waals surface area contributed by atoms with E-state index < -0.39 is 11.5 Å². The summed E-state index contributed by atoms with van der Waals surface area (Å²) in [6.45, 7) is -0.232. The van der Waals surface area contributed by atoms with Gasteiger partial charge in [0.05, 0.1) is 11.5 Å². The lowest BCUT2D eigenvalue weighted by Gasteiger charge is -2.15. The fourth-order valence-corrected chi connectivity index (χ4v) is 2.77. The zero-order valence-electron chi connectivity index (χ0n) is 16.5. The van der Waals surface area contributed by atoms with E-state index in [1.54, 1.807) is 18.2 Å². The number of hydrogen-bond acceptors (Lipinski definition) is 6. The minimum Gasteiger partial charge on any atom is -0.454 e. The monoisotopic (exact) mass is 550 g/mol. The molecule has 168 valence electrons. The second kappa shape index (κ2) is 11.5. The molecule has 0 spiro atoms. The molecule has 0 fully saturated rings. The van der Waals surface area contributed by atoms with Gasteiger partial charge in [0.25, 0.3) is 5.69 Å². The van der Waals surface area contributed by atoms with Crippen LogP contribution in [0.5, 0.6) is 17.2 Å². The molecule has 0 amide bonds. The molecule has 0 bridgehead atoms. The van der Waals surface area contributed by atoms with Crippen molar-refractivity contribution >= 4 is 35.6 Å². The second-order valence-corrected chi connectivity index (χ2v) is 6.17. The van der Waals surface area contributed by atoms with Crippen LogP contribution in [0.3, 0.4) is 0 Å². The summed E-state index contributed by atoms with van der Waals surface area (Å²) in [5.41, 5.74) is 1.07. The van der Waals surface area contributed by atoms with Crippen LogP contribution in [-0.4, -0.2) is 30.8 Å². The summed E-state index contributed by atoms with van der Waals surface area (Å²) in [5, 5.41) is 17.0. The average molecular weight is 550 g/mol. The Morgan fingerprint density at radius 3 is 2.68 bits per heavy atom. The van der Waals surface area contributed by atoms with Gasteiger partial charge in [0.2, 0.25) is 6.79 Å². The number of nitrogens with zero attached hydrogens (tertiary/aromatic N) is 2. The molecule has 2 aromatic rings. The molecule has 0 aromatic heterocycles. The predicted octanol–water partition coefficient (Wildman–Crippen LogP) is 3.80. The highest BCUT2D eigenvalue weighted by molar-refractivity contribution is 14.0. The predicted molar refractivity (Wildman–Crippen MR) is 119 cm³/mol. The third-order valence-corrected chi connectivity index (χ3v) is 4.10. The van der Waals surface area contributed by atoms with Crippen molar-refractivity contribution in [2.75, 3.05) is 13.3 Å². The van der Waals surface area contributed by atoms with Crippen LogP contribution in [0.1, 0.15) is 18.1 Å². The average Bonchev–Trinajstić information content (AvgIpc) is 3.17. The second-order valence-electron chi connectivity index (χ2n) is 6.17. The quantitative estimate of drug-likeness (QED) is 0.169. The van der Waals surface area contributed by atoms with Crippen LogP contribution < -0.4 is 24.8 Å². The van der Waals surface area contributed by atoms with Gasteiger partial charge >= 0.3 is 6.61 Å². The van der Waals surface area contributed by atoms with Gasteiger partial charge in [-0.25, -0.2) is 4.99 Å². The Labute approximate surface area is 194 Å². The number of rotatable bonds is 8. The normalized spacial score (nSPS) is 12.3. The zero-order chi connectivity index (χ0) is 21.5. The number of fused-ring (bicyclic) bond motifs is 1. The summed E-state index contributed by atoms with van der Waals surface area (Å²) in [6.07, 6.45) is 0. The number of ether oxygens (including phenoxy) is 3. The first-order valence-electron chi connectivity index (χ1n) is 9.09. The van der Waals surface area contributed by atoms with E-state index in [4.69, 9.17) is 9.47 Å². The molecule has 0 saturated heterocycles. The Kier molecular flexibility index (Phi) is 9.03. The number of benzene rings is 2. The first kappa shape index (κ1) is 24.4. The highest BCUT2D eigenvalue weighted by atomic mass is 127. The Morgan fingerprint density at radius 1 is 1.26 bits per heavy atom. The highest BCUT2D eigenvalue weighted by Crippen LogP contribution is 2.38. The third kappa shape index (κ3) is 6.80. The molecule has 0 atom stereocenters. The van der Waals surface area contributed by atoms with Gasteiger partial charge in [-0.1, -0.05) is 12.1 Å². The van der Waals surface area contributed by atoms with E-state index in [1.165, 1.54) is 18.2 Å². The van der Waals surface area contributed by atoms with E-state index >= 15 is 0 Å². The zero-order valence-corrected chi connectivity index (χ0v) is 18.8. The lowest BCUT2D eigenvalue weighted by Crippen LogP contribution is -2.36. The van der Waals surface area contributed by atoms with Crippen LogP contribution in [0, 0.1) is 10.1 Å². The van der Waals surface area contributed by atoms with Crippen LogP contribution in [-0.2, 0) is 13.1 Å². The molecule has 2 N–H and O–H groups in total. The number of nitrogens with one attached hydrogen (secondary N) is 2. The van der Waals surface area contributed by atoms with E-state index in [-0.39, 0.29) is 55.3 Å². The molecular formula is C19H21F2IN4O5. The Morgan fingerprint density at radius 2 is 2.00 bits per heavy atom. The fraction of sp³-hybridized carbons (Fsp3) is 0.316. The summed E-state index contributed by atoms with van der Waals surface area (Å²) < 4.78 is 40.6. The van der Waals surface area contributed by atoms with E-state index in [0.29, 0.717) is 35.1 Å². The first-order valence-corrected chi connectivity index (χ1v) is 9.09. The minimum atomic E-state index is -2.99. The smallest absolute Gasteiger partial charge is 0.387 e. The molecule has 1 heterocycles. The highest BCUT2D eigenvalue weighted by Gasteiger charge is 2.20. The number of aliphatic imine (C=N–C) groups is 1. The number of halogens is 3. The Bertz CT molecular complexity index is 946. The number of guanidine groups is 1. The van der Waals surface area contributed by atoms with E-state index in [0.717, 1.165) is 0 Å². The van der Waals surface area contributed by atoms with E-state index in [9.17, 15) is 18.9 Å². The molecule has 1 aliphatic rings. The van der Waals surface area contributed by atoms with Crippen LogP contribution in [0.2, 0.25) is 0 Å². The van der Waals surface area contributed by atoms with Crippen molar-refractivity contribution in [3.05, 3.63) is 57.6 Å². The molecule has 9 nitrogen and oxygen atoms in total. The standard InChI is InChI=1S/C19H20F2N4O5.HI/c1-2-22-19(23-9-12-4-3-5-14(6-12)25(26)27)24-10-13-7-16-17(29-11-28-16)8-15(13)30-18(20)21;/h3-8,18H,2,9-11H2,1H3,(H2,22,23,24);1H. The SMILES string of the molecule is CCNC(=NCc1cccc([N+](=O)[O-])c1)NCc1cc2c(cc1OC(F)F)OCO2.I. The molecule has 12 heteroatoms. The first-order chi connectivity index (χ1) is 14.5. The van der Waals surface area contributed by atoms with Crippen molar-refractivity contribution in [2.45, 2.75) is 26.6 Å². The summed E-state index contributed by atoms with van der Waals surface area (Å²) >= 11 is 0. The van der Waals surface area contributed by atoms with Gasteiger partial charge in [0, 0.05) is 36.9 Å². The van der Waals surface area contributed by atoms with Crippen molar-refractivity contribution in [3.63, 3.8) is 0 Å². The summed E-state index contributed by atoms with van der Waals surface area (Å²) in [6, 6.07) is 9.09.